The molecule has 15 heavy (non-hydrogen) atoms. The number of ether oxygens (including phenoxy) is 2. The molecule has 0 aliphatic carbocycles. The third-order valence-electron chi connectivity index (χ3n) is 1.72. The smallest absolute Gasteiger partial charge is 0.0889 e. The van der Waals surface area contributed by atoms with Gasteiger partial charge in [-0.1, -0.05) is 0 Å². The summed E-state index contributed by atoms with van der Waals surface area (Å²) in [5, 5.41) is 0. The molecule has 1 aromatic rings. The fraction of sp³-hybridized carbons (Fsp3) is 0.545. The quantitative estimate of drug-likeness (QED) is 0.747. The molecule has 0 saturated heterocycles. The van der Waals surface area contributed by atoms with Crippen LogP contribution in [0.1, 0.15) is 19.5 Å². The molecule has 0 aromatic carbocycles. The zero-order chi connectivity index (χ0) is 11.1. The fourth-order valence-corrected chi connectivity index (χ4v) is 1.25. The van der Waals surface area contributed by atoms with Gasteiger partial charge in [-0.15, -0.1) is 0 Å². The van der Waals surface area contributed by atoms with E-state index in [2.05, 4.69) is 20.9 Å². The van der Waals surface area contributed by atoms with Gasteiger partial charge >= 0.3 is 0 Å². The second kappa shape index (κ2) is 6.93. The minimum Gasteiger partial charge on any atom is -0.376 e. The van der Waals surface area contributed by atoms with E-state index in [1.807, 2.05) is 26.0 Å². The molecule has 3 nitrogen and oxygen atoms in total. The third-order valence-corrected chi connectivity index (χ3v) is 2.19. The minimum atomic E-state index is 0.263. The first-order chi connectivity index (χ1) is 7.18. The van der Waals surface area contributed by atoms with Gasteiger partial charge in [-0.3, -0.25) is 4.98 Å². The lowest BCUT2D eigenvalue weighted by Gasteiger charge is -2.07. The van der Waals surface area contributed by atoms with Crippen molar-refractivity contribution in [2.45, 2.75) is 26.6 Å². The third kappa shape index (κ3) is 5.87. The molecule has 84 valence electrons. The predicted molar refractivity (Wildman–Crippen MR) is 62.7 cm³/mol. The van der Waals surface area contributed by atoms with E-state index in [4.69, 9.17) is 9.47 Å². The van der Waals surface area contributed by atoms with Crippen LogP contribution in [0.4, 0.5) is 0 Å². The molecule has 0 N–H and O–H groups in total. The van der Waals surface area contributed by atoms with E-state index in [0.717, 1.165) is 10.2 Å². The van der Waals surface area contributed by atoms with Gasteiger partial charge in [0, 0.05) is 10.7 Å². The Morgan fingerprint density at radius 2 is 2.13 bits per heavy atom. The Bertz CT molecular complexity index is 274. The van der Waals surface area contributed by atoms with E-state index < -0.39 is 0 Å². The first-order valence-electron chi connectivity index (χ1n) is 4.98. The molecule has 4 heteroatoms. The van der Waals surface area contributed by atoms with Crippen molar-refractivity contribution in [3.8, 4) is 0 Å². The average Bonchev–Trinajstić information content (AvgIpc) is 2.20. The summed E-state index contributed by atoms with van der Waals surface area (Å²) < 4.78 is 11.7. The number of nitrogens with zero attached hydrogens (tertiary/aromatic N) is 1. The van der Waals surface area contributed by atoms with Crippen molar-refractivity contribution in [2.24, 2.45) is 0 Å². The Morgan fingerprint density at radius 3 is 2.73 bits per heavy atom. The number of halogens is 1. The van der Waals surface area contributed by atoms with Gasteiger partial charge in [0.2, 0.25) is 0 Å². The van der Waals surface area contributed by atoms with Gasteiger partial charge in [-0.05, 0) is 41.9 Å². The van der Waals surface area contributed by atoms with Crippen LogP contribution in [-0.4, -0.2) is 24.3 Å². The fourth-order valence-electron chi connectivity index (χ4n) is 1.01. The molecular weight excluding hydrogens is 258 g/mol. The molecule has 0 aliphatic rings. The summed E-state index contributed by atoms with van der Waals surface area (Å²) in [4.78, 5) is 4.20. The summed E-state index contributed by atoms with van der Waals surface area (Å²) in [6, 6.07) is 3.89. The van der Waals surface area contributed by atoms with Crippen LogP contribution in [0.5, 0.6) is 0 Å². The molecule has 0 atom stereocenters. The van der Waals surface area contributed by atoms with Crippen molar-refractivity contribution in [3.05, 3.63) is 28.5 Å². The maximum absolute atomic E-state index is 5.41. The van der Waals surface area contributed by atoms with E-state index >= 15 is 0 Å². The lowest BCUT2D eigenvalue weighted by atomic mass is 10.4. The molecule has 1 rings (SSSR count). The van der Waals surface area contributed by atoms with Crippen molar-refractivity contribution in [1.82, 2.24) is 4.98 Å². The first kappa shape index (κ1) is 12.6. The number of hydrogen-bond donors (Lipinski definition) is 0. The molecule has 1 aromatic heterocycles. The second-order valence-corrected chi connectivity index (χ2v) is 4.36. The van der Waals surface area contributed by atoms with Crippen molar-refractivity contribution in [1.29, 1.82) is 0 Å². The standard InChI is InChI=1S/C11H16BrNO2/c1-9(2)15-6-5-14-8-11-4-3-10(12)7-13-11/h3-4,7,9H,5-6,8H2,1-2H3. The molecule has 1 heterocycles. The molecule has 0 fully saturated rings. The highest BCUT2D eigenvalue weighted by molar-refractivity contribution is 9.10. The van der Waals surface area contributed by atoms with Crippen LogP contribution >= 0.6 is 15.9 Å². The highest BCUT2D eigenvalue weighted by atomic mass is 79.9. The van der Waals surface area contributed by atoms with Crippen molar-refractivity contribution in [3.63, 3.8) is 0 Å². The Labute approximate surface area is 98.9 Å². The zero-order valence-corrected chi connectivity index (χ0v) is 10.7. The molecule has 0 unspecified atom stereocenters. The van der Waals surface area contributed by atoms with Gasteiger partial charge in [0.05, 0.1) is 31.6 Å². The summed E-state index contributed by atoms with van der Waals surface area (Å²) in [5.41, 5.74) is 0.933. The maximum atomic E-state index is 5.41. The maximum Gasteiger partial charge on any atom is 0.0889 e. The molecule has 0 bridgehead atoms. The van der Waals surface area contributed by atoms with Crippen LogP contribution in [0.3, 0.4) is 0 Å². The van der Waals surface area contributed by atoms with Crippen LogP contribution in [0.25, 0.3) is 0 Å². The molecule has 0 spiro atoms. The lowest BCUT2D eigenvalue weighted by molar-refractivity contribution is 0.0135. The second-order valence-electron chi connectivity index (χ2n) is 3.44. The number of pyridine rings is 1. The van der Waals surface area contributed by atoms with Gasteiger partial charge in [0.15, 0.2) is 0 Å². The Balaban J connectivity index is 2.12. The molecule has 0 aliphatic heterocycles. The first-order valence-corrected chi connectivity index (χ1v) is 5.77. The lowest BCUT2D eigenvalue weighted by Crippen LogP contribution is -2.09. The topological polar surface area (TPSA) is 31.4 Å². The highest BCUT2D eigenvalue weighted by Crippen LogP contribution is 2.07. The van der Waals surface area contributed by atoms with Gasteiger partial charge in [0.1, 0.15) is 0 Å². The van der Waals surface area contributed by atoms with Gasteiger partial charge in [-0.25, -0.2) is 0 Å². The predicted octanol–water partition coefficient (Wildman–Crippen LogP) is 2.79. The molecule has 0 radical (unpaired) electrons. The SMILES string of the molecule is CC(C)OCCOCc1ccc(Br)cn1. The molecule has 0 amide bonds. The number of hydrogen-bond acceptors (Lipinski definition) is 3. The van der Waals surface area contributed by atoms with Crippen molar-refractivity contribution >= 4 is 15.9 Å². The van der Waals surface area contributed by atoms with Gasteiger partial charge in [-0.2, -0.15) is 0 Å². The largest absolute Gasteiger partial charge is 0.376 e. The zero-order valence-electron chi connectivity index (χ0n) is 9.07. The van der Waals surface area contributed by atoms with Crippen LogP contribution in [-0.2, 0) is 16.1 Å². The number of aromatic nitrogens is 1. The van der Waals surface area contributed by atoms with Crippen LogP contribution < -0.4 is 0 Å². The van der Waals surface area contributed by atoms with E-state index in [1.165, 1.54) is 0 Å². The van der Waals surface area contributed by atoms with Crippen LogP contribution in [0, 0.1) is 0 Å². The van der Waals surface area contributed by atoms with E-state index in [-0.39, 0.29) is 6.10 Å². The van der Waals surface area contributed by atoms with Crippen molar-refractivity contribution < 1.29 is 9.47 Å². The molecule has 0 saturated carbocycles. The summed E-state index contributed by atoms with van der Waals surface area (Å²) >= 11 is 3.33. The van der Waals surface area contributed by atoms with Crippen molar-refractivity contribution in [2.75, 3.05) is 13.2 Å². The summed E-state index contributed by atoms with van der Waals surface area (Å²) in [6.07, 6.45) is 2.03. The average molecular weight is 274 g/mol. The summed E-state index contributed by atoms with van der Waals surface area (Å²) in [5.74, 6) is 0. The van der Waals surface area contributed by atoms with Gasteiger partial charge in [0.25, 0.3) is 0 Å². The summed E-state index contributed by atoms with van der Waals surface area (Å²) in [6.45, 7) is 5.80. The normalized spacial score (nSPS) is 10.9. The minimum absolute atomic E-state index is 0.263. The Hall–Kier alpha value is -0.450. The Kier molecular flexibility index (Phi) is 5.83. The Morgan fingerprint density at radius 1 is 1.33 bits per heavy atom. The van der Waals surface area contributed by atoms with E-state index in [0.29, 0.717) is 19.8 Å². The summed E-state index contributed by atoms with van der Waals surface area (Å²) in [7, 11) is 0. The highest BCUT2D eigenvalue weighted by Gasteiger charge is 1.96. The van der Waals surface area contributed by atoms with E-state index in [1.54, 1.807) is 6.20 Å². The monoisotopic (exact) mass is 273 g/mol. The van der Waals surface area contributed by atoms with Crippen LogP contribution in [0.15, 0.2) is 22.8 Å². The van der Waals surface area contributed by atoms with Crippen LogP contribution in [0.2, 0.25) is 0 Å². The molecular formula is C11H16BrNO2. The van der Waals surface area contributed by atoms with Gasteiger partial charge < -0.3 is 9.47 Å². The van der Waals surface area contributed by atoms with E-state index in [9.17, 15) is 0 Å². The number of rotatable bonds is 6.